The number of aryl methyl sites for hydroxylation is 2. The zero-order chi connectivity index (χ0) is 27.6. The molecule has 4 rings (SSSR count). The van der Waals surface area contributed by atoms with E-state index in [9.17, 15) is 8.78 Å². The minimum absolute atomic E-state index is 0.166. The van der Waals surface area contributed by atoms with Gasteiger partial charge in [0.1, 0.15) is 11.6 Å². The van der Waals surface area contributed by atoms with Crippen LogP contribution in [-0.4, -0.2) is 19.3 Å². The highest BCUT2D eigenvalue weighted by molar-refractivity contribution is 5.67. The van der Waals surface area contributed by atoms with Gasteiger partial charge in [0, 0.05) is 23.8 Å². The number of halogens is 3. The minimum atomic E-state index is -0.769. The molecule has 1 atom stereocenters. The average molecular weight is 537 g/mol. The van der Waals surface area contributed by atoms with Crippen LogP contribution in [0.15, 0.2) is 60.7 Å². The van der Waals surface area contributed by atoms with Crippen molar-refractivity contribution < 1.29 is 22.6 Å². The highest BCUT2D eigenvalue weighted by Crippen LogP contribution is 2.32. The number of hydrogen-bond donors (Lipinski definition) is 0. The minimum Gasteiger partial charge on any atom is -0.493 e. The summed E-state index contributed by atoms with van der Waals surface area (Å²) in [4.78, 5) is 0. The van der Waals surface area contributed by atoms with Gasteiger partial charge in [-0.1, -0.05) is 69.2 Å². The predicted molar refractivity (Wildman–Crippen MR) is 152 cm³/mol. The lowest BCUT2D eigenvalue weighted by Crippen LogP contribution is -2.16. The maximum atomic E-state index is 15.0. The van der Waals surface area contributed by atoms with Crippen molar-refractivity contribution in [3.05, 3.63) is 94.8 Å². The summed E-state index contributed by atoms with van der Waals surface area (Å²) >= 11 is 0. The number of rotatable bonds is 13. The lowest BCUT2D eigenvalue weighted by molar-refractivity contribution is 0.0466. The fourth-order valence-corrected chi connectivity index (χ4v) is 4.92. The highest BCUT2D eigenvalue weighted by Gasteiger charge is 2.21. The van der Waals surface area contributed by atoms with Crippen molar-refractivity contribution in [3.8, 4) is 16.9 Å². The Labute approximate surface area is 230 Å². The molecule has 3 aromatic carbocycles. The molecule has 3 aromatic rings. The summed E-state index contributed by atoms with van der Waals surface area (Å²) < 4.78 is 56.1. The summed E-state index contributed by atoms with van der Waals surface area (Å²) in [5.41, 5.74) is 3.82. The van der Waals surface area contributed by atoms with Crippen LogP contribution in [0.25, 0.3) is 16.7 Å². The lowest BCUT2D eigenvalue weighted by atomic mass is 9.90. The Bertz CT molecular complexity index is 1250. The fourth-order valence-electron chi connectivity index (χ4n) is 4.92. The quantitative estimate of drug-likeness (QED) is 0.203. The van der Waals surface area contributed by atoms with Crippen molar-refractivity contribution in [2.75, 3.05) is 13.2 Å². The molecule has 1 aliphatic rings. The van der Waals surface area contributed by atoms with E-state index in [1.54, 1.807) is 24.3 Å². The van der Waals surface area contributed by atoms with Gasteiger partial charge in [-0.2, -0.15) is 0 Å². The number of allylic oxidation sites excluding steroid dienone is 1. The van der Waals surface area contributed by atoms with Gasteiger partial charge in [-0.15, -0.1) is 0 Å². The highest BCUT2D eigenvalue weighted by atomic mass is 19.2. The standard InChI is InChI=1S/C34H39F3O2/c1-3-5-21-38-28-16-13-26(14-17-28)31-19-15-27(33(36)34(31)37)12-9-24-7-10-25(11-8-24)30-20-18-29(23-32(30)35)39-22-6-4-2/h7-8,10-11,13,15,18-20,23,28H,3-6,9,12,14,16-17,21-22H2,1-2H3. The van der Waals surface area contributed by atoms with E-state index < -0.39 is 11.6 Å². The van der Waals surface area contributed by atoms with Gasteiger partial charge < -0.3 is 9.47 Å². The first-order valence-corrected chi connectivity index (χ1v) is 14.3. The molecule has 0 heterocycles. The molecule has 0 fully saturated rings. The van der Waals surface area contributed by atoms with E-state index in [2.05, 4.69) is 13.8 Å². The summed E-state index contributed by atoms with van der Waals surface area (Å²) in [5, 5.41) is 0. The van der Waals surface area contributed by atoms with Crippen LogP contribution < -0.4 is 4.74 Å². The molecule has 2 nitrogen and oxygen atoms in total. The summed E-state index contributed by atoms with van der Waals surface area (Å²) in [6.45, 7) is 5.54. The van der Waals surface area contributed by atoms with Crippen molar-refractivity contribution in [1.82, 2.24) is 0 Å². The van der Waals surface area contributed by atoms with Gasteiger partial charge in [-0.3, -0.25) is 0 Å². The molecule has 0 N–H and O–H groups in total. The first-order valence-electron chi connectivity index (χ1n) is 14.3. The van der Waals surface area contributed by atoms with Gasteiger partial charge in [0.15, 0.2) is 11.6 Å². The maximum Gasteiger partial charge on any atom is 0.166 e. The molecule has 0 spiro atoms. The van der Waals surface area contributed by atoms with Gasteiger partial charge in [0.25, 0.3) is 0 Å². The van der Waals surface area contributed by atoms with Crippen molar-refractivity contribution >= 4 is 5.57 Å². The Balaban J connectivity index is 1.35. The van der Waals surface area contributed by atoms with Crippen molar-refractivity contribution in [1.29, 1.82) is 0 Å². The van der Waals surface area contributed by atoms with Crippen molar-refractivity contribution in [2.24, 2.45) is 0 Å². The Kier molecular flexibility index (Phi) is 10.7. The average Bonchev–Trinajstić information content (AvgIpc) is 2.95. The monoisotopic (exact) mass is 536 g/mol. The number of ether oxygens (including phenoxy) is 2. The Morgan fingerprint density at radius 2 is 1.54 bits per heavy atom. The second kappa shape index (κ2) is 14.4. The first kappa shape index (κ1) is 28.9. The van der Waals surface area contributed by atoms with Crippen molar-refractivity contribution in [3.63, 3.8) is 0 Å². The van der Waals surface area contributed by atoms with Gasteiger partial charge in [0.05, 0.1) is 12.7 Å². The van der Waals surface area contributed by atoms with Gasteiger partial charge in [0.2, 0.25) is 0 Å². The molecule has 1 unspecified atom stereocenters. The smallest absolute Gasteiger partial charge is 0.166 e. The summed E-state index contributed by atoms with van der Waals surface area (Å²) in [6, 6.07) is 15.9. The zero-order valence-corrected chi connectivity index (χ0v) is 23.1. The Morgan fingerprint density at radius 3 is 2.23 bits per heavy atom. The summed E-state index contributed by atoms with van der Waals surface area (Å²) in [6.07, 6.45) is 9.44. The van der Waals surface area contributed by atoms with E-state index in [0.717, 1.165) is 61.8 Å². The van der Waals surface area contributed by atoms with Crippen molar-refractivity contribution in [2.45, 2.75) is 77.7 Å². The number of unbranched alkanes of at least 4 members (excludes halogenated alkanes) is 2. The van der Waals surface area contributed by atoms with E-state index in [-0.39, 0.29) is 11.9 Å². The van der Waals surface area contributed by atoms with E-state index in [1.165, 1.54) is 6.07 Å². The van der Waals surface area contributed by atoms with Crippen LogP contribution in [-0.2, 0) is 17.6 Å². The number of benzene rings is 3. The van der Waals surface area contributed by atoms with Crippen LogP contribution in [0.5, 0.6) is 5.75 Å². The zero-order valence-electron chi connectivity index (χ0n) is 23.1. The van der Waals surface area contributed by atoms with Crippen LogP contribution in [0.4, 0.5) is 13.2 Å². The molecule has 0 radical (unpaired) electrons. The predicted octanol–water partition coefficient (Wildman–Crippen LogP) is 9.49. The van der Waals surface area contributed by atoms with Crippen LogP contribution in [0, 0.1) is 17.5 Å². The molecule has 1 aliphatic carbocycles. The molecule has 5 heteroatoms. The third-order valence-corrected chi connectivity index (χ3v) is 7.38. The second-order valence-electron chi connectivity index (χ2n) is 10.3. The van der Waals surface area contributed by atoms with E-state index in [1.807, 2.05) is 30.3 Å². The van der Waals surface area contributed by atoms with Gasteiger partial charge >= 0.3 is 0 Å². The SMILES string of the molecule is CCCCOc1ccc(-c2ccc(CCc3ccc(C4=CCC(OCCCC)CC4)c(F)c3F)cc2)c(F)c1. The van der Waals surface area contributed by atoms with E-state index in [0.29, 0.717) is 48.3 Å². The van der Waals surface area contributed by atoms with Gasteiger partial charge in [-0.05, 0) is 79.3 Å². The summed E-state index contributed by atoms with van der Waals surface area (Å²) in [5.74, 6) is -1.34. The molecule has 0 aliphatic heterocycles. The van der Waals surface area contributed by atoms with Gasteiger partial charge in [-0.25, -0.2) is 13.2 Å². The fraction of sp³-hybridized carbons (Fsp3) is 0.412. The molecule has 0 saturated heterocycles. The third kappa shape index (κ3) is 7.76. The van der Waals surface area contributed by atoms with Crippen LogP contribution in [0.2, 0.25) is 0 Å². The molecular weight excluding hydrogens is 497 g/mol. The summed E-state index contributed by atoms with van der Waals surface area (Å²) in [7, 11) is 0. The lowest BCUT2D eigenvalue weighted by Gasteiger charge is -2.23. The van der Waals surface area contributed by atoms with E-state index >= 15 is 4.39 Å². The molecule has 0 aromatic heterocycles. The second-order valence-corrected chi connectivity index (χ2v) is 10.3. The largest absolute Gasteiger partial charge is 0.493 e. The molecule has 0 bridgehead atoms. The molecule has 39 heavy (non-hydrogen) atoms. The Hall–Kier alpha value is -3.05. The van der Waals surface area contributed by atoms with Crippen LogP contribution in [0.1, 0.15) is 75.5 Å². The van der Waals surface area contributed by atoms with Crippen LogP contribution in [0.3, 0.4) is 0 Å². The molecule has 0 amide bonds. The first-order chi connectivity index (χ1) is 19.0. The topological polar surface area (TPSA) is 18.5 Å². The molecule has 0 saturated carbocycles. The van der Waals surface area contributed by atoms with E-state index in [4.69, 9.17) is 9.47 Å². The number of hydrogen-bond acceptors (Lipinski definition) is 2. The normalized spacial score (nSPS) is 15.3. The van der Waals surface area contributed by atoms with Crippen LogP contribution >= 0.6 is 0 Å². The third-order valence-electron chi connectivity index (χ3n) is 7.38. The molecule has 208 valence electrons. The molecular formula is C34H39F3O2. The maximum absolute atomic E-state index is 15.0. The Morgan fingerprint density at radius 1 is 0.795 bits per heavy atom.